The third kappa shape index (κ3) is 9.00. The molecule has 0 aromatic heterocycles. The molecule has 1 rings (SSSR count). The average molecular weight is 282 g/mol. The van der Waals surface area contributed by atoms with Crippen LogP contribution in [0.25, 0.3) is 0 Å². The summed E-state index contributed by atoms with van der Waals surface area (Å²) in [6.45, 7) is 13.5. The minimum atomic E-state index is 0.881. The average Bonchev–Trinajstić information content (AvgIpc) is 2.41. The molecule has 0 bridgehead atoms. The summed E-state index contributed by atoms with van der Waals surface area (Å²) in [5, 5.41) is 0. The number of unbranched alkanes of at least 4 members (excludes halogenated alkanes) is 2. The van der Waals surface area contributed by atoms with E-state index >= 15 is 0 Å². The summed E-state index contributed by atoms with van der Waals surface area (Å²) in [6, 6.07) is 0. The molecule has 0 unspecified atom stereocenters. The van der Waals surface area contributed by atoms with Crippen molar-refractivity contribution in [3.63, 3.8) is 0 Å². The van der Waals surface area contributed by atoms with Crippen LogP contribution in [0.4, 0.5) is 0 Å². The molecule has 0 spiro atoms. The second kappa shape index (κ2) is 10.7. The zero-order valence-corrected chi connectivity index (χ0v) is 14.7. The fraction of sp³-hybridized carbons (Fsp3) is 1.00. The Morgan fingerprint density at radius 2 is 1.35 bits per heavy atom. The Balaban J connectivity index is 1.97. The van der Waals surface area contributed by atoms with Crippen LogP contribution in [0, 0.1) is 17.8 Å². The highest BCUT2D eigenvalue weighted by atomic mass is 15.1. The predicted molar refractivity (Wildman–Crippen MR) is 91.2 cm³/mol. The van der Waals surface area contributed by atoms with E-state index in [2.05, 4.69) is 32.6 Å². The Bertz CT molecular complexity index is 190. The standard InChI is InChI=1S/C19H39N/c1-17(2)9-5-6-11-19-12-15-20(16-13-19)14-8-7-10-18(3)4/h17-19H,5-16H2,1-4H3. The van der Waals surface area contributed by atoms with Crippen molar-refractivity contribution >= 4 is 0 Å². The van der Waals surface area contributed by atoms with Crippen molar-refractivity contribution in [2.45, 2.75) is 85.5 Å². The first-order chi connectivity index (χ1) is 9.58. The van der Waals surface area contributed by atoms with Crippen LogP contribution in [0.5, 0.6) is 0 Å². The molecule has 20 heavy (non-hydrogen) atoms. The number of hydrogen-bond acceptors (Lipinski definition) is 1. The van der Waals surface area contributed by atoms with Crippen LogP contribution < -0.4 is 0 Å². The molecule has 1 aliphatic heterocycles. The molecule has 120 valence electrons. The predicted octanol–water partition coefficient (Wildman–Crippen LogP) is 5.74. The van der Waals surface area contributed by atoms with E-state index in [-0.39, 0.29) is 0 Å². The topological polar surface area (TPSA) is 3.24 Å². The lowest BCUT2D eigenvalue weighted by molar-refractivity contribution is 0.173. The Labute approximate surface area is 128 Å². The molecule has 1 aliphatic rings. The van der Waals surface area contributed by atoms with Gasteiger partial charge in [-0.25, -0.2) is 0 Å². The monoisotopic (exact) mass is 281 g/mol. The minimum Gasteiger partial charge on any atom is -0.303 e. The van der Waals surface area contributed by atoms with E-state index in [9.17, 15) is 0 Å². The highest BCUT2D eigenvalue weighted by Crippen LogP contribution is 2.23. The lowest BCUT2D eigenvalue weighted by atomic mass is 9.90. The zero-order chi connectivity index (χ0) is 14.8. The van der Waals surface area contributed by atoms with Crippen molar-refractivity contribution in [3.05, 3.63) is 0 Å². The lowest BCUT2D eigenvalue weighted by Crippen LogP contribution is -2.34. The Morgan fingerprint density at radius 1 is 0.800 bits per heavy atom. The van der Waals surface area contributed by atoms with Gasteiger partial charge in [0.05, 0.1) is 0 Å². The van der Waals surface area contributed by atoms with E-state index in [0.29, 0.717) is 0 Å². The molecule has 1 heteroatoms. The van der Waals surface area contributed by atoms with Gasteiger partial charge >= 0.3 is 0 Å². The van der Waals surface area contributed by atoms with Gasteiger partial charge in [-0.2, -0.15) is 0 Å². The number of likely N-dealkylation sites (tertiary alicyclic amines) is 1. The van der Waals surface area contributed by atoms with E-state index in [0.717, 1.165) is 17.8 Å². The smallest absolute Gasteiger partial charge is 0.00161 e. The molecule has 0 aliphatic carbocycles. The van der Waals surface area contributed by atoms with Crippen LogP contribution in [0.1, 0.15) is 85.5 Å². The SMILES string of the molecule is CC(C)CCCCC1CCN(CCCCC(C)C)CC1. The van der Waals surface area contributed by atoms with Gasteiger partial charge in [0.2, 0.25) is 0 Å². The van der Waals surface area contributed by atoms with Crippen LogP contribution in [0.15, 0.2) is 0 Å². The third-order valence-corrected chi connectivity index (χ3v) is 4.86. The van der Waals surface area contributed by atoms with Crippen molar-refractivity contribution in [1.29, 1.82) is 0 Å². The van der Waals surface area contributed by atoms with E-state index < -0.39 is 0 Å². The summed E-state index contributed by atoms with van der Waals surface area (Å²) in [4.78, 5) is 2.71. The van der Waals surface area contributed by atoms with E-state index in [1.807, 2.05) is 0 Å². The van der Waals surface area contributed by atoms with Crippen molar-refractivity contribution in [1.82, 2.24) is 4.90 Å². The molecule has 0 aromatic carbocycles. The van der Waals surface area contributed by atoms with Gasteiger partial charge in [-0.1, -0.05) is 66.2 Å². The van der Waals surface area contributed by atoms with Gasteiger partial charge in [0.1, 0.15) is 0 Å². The van der Waals surface area contributed by atoms with Gasteiger partial charge in [0.25, 0.3) is 0 Å². The van der Waals surface area contributed by atoms with Crippen molar-refractivity contribution < 1.29 is 0 Å². The fourth-order valence-corrected chi connectivity index (χ4v) is 3.37. The fourth-order valence-electron chi connectivity index (χ4n) is 3.37. The maximum Gasteiger partial charge on any atom is -0.00161 e. The van der Waals surface area contributed by atoms with Crippen molar-refractivity contribution in [3.8, 4) is 0 Å². The first kappa shape index (κ1) is 18.0. The van der Waals surface area contributed by atoms with Crippen LogP contribution in [0.3, 0.4) is 0 Å². The molecule has 1 saturated heterocycles. The maximum atomic E-state index is 2.71. The first-order valence-electron chi connectivity index (χ1n) is 9.30. The minimum absolute atomic E-state index is 0.881. The molecule has 1 heterocycles. The first-order valence-corrected chi connectivity index (χ1v) is 9.30. The highest BCUT2D eigenvalue weighted by molar-refractivity contribution is 4.72. The van der Waals surface area contributed by atoms with Crippen molar-refractivity contribution in [2.75, 3.05) is 19.6 Å². The molecule has 1 fully saturated rings. The summed E-state index contributed by atoms with van der Waals surface area (Å²) in [5.41, 5.74) is 0. The Kier molecular flexibility index (Phi) is 9.59. The van der Waals surface area contributed by atoms with Gasteiger partial charge in [-0.05, 0) is 56.7 Å². The number of nitrogens with zero attached hydrogens (tertiary/aromatic N) is 1. The highest BCUT2D eigenvalue weighted by Gasteiger charge is 2.18. The second-order valence-corrected chi connectivity index (χ2v) is 7.85. The summed E-state index contributed by atoms with van der Waals surface area (Å²) in [5.74, 6) is 2.81. The third-order valence-electron chi connectivity index (χ3n) is 4.86. The molecule has 0 saturated carbocycles. The van der Waals surface area contributed by atoms with Gasteiger partial charge < -0.3 is 4.90 Å². The summed E-state index contributed by atoms with van der Waals surface area (Å²) >= 11 is 0. The zero-order valence-electron chi connectivity index (χ0n) is 14.7. The number of rotatable bonds is 10. The maximum absolute atomic E-state index is 2.71. The van der Waals surface area contributed by atoms with Crippen LogP contribution in [-0.2, 0) is 0 Å². The second-order valence-electron chi connectivity index (χ2n) is 7.85. The molecule has 0 radical (unpaired) electrons. The van der Waals surface area contributed by atoms with Gasteiger partial charge in [0, 0.05) is 0 Å². The quantitative estimate of drug-likeness (QED) is 0.461. The number of piperidine rings is 1. The Hall–Kier alpha value is -0.0400. The van der Waals surface area contributed by atoms with Gasteiger partial charge in [0.15, 0.2) is 0 Å². The molecular weight excluding hydrogens is 242 g/mol. The molecule has 1 nitrogen and oxygen atoms in total. The summed E-state index contributed by atoms with van der Waals surface area (Å²) < 4.78 is 0. The lowest BCUT2D eigenvalue weighted by Gasteiger charge is -2.32. The molecule has 0 N–H and O–H groups in total. The van der Waals surface area contributed by atoms with Crippen LogP contribution in [-0.4, -0.2) is 24.5 Å². The van der Waals surface area contributed by atoms with Gasteiger partial charge in [-0.3, -0.25) is 0 Å². The summed E-state index contributed by atoms with van der Waals surface area (Å²) in [6.07, 6.45) is 13.0. The molecule has 0 amide bonds. The normalized spacial score (nSPS) is 18.3. The molecule has 0 aromatic rings. The van der Waals surface area contributed by atoms with E-state index in [4.69, 9.17) is 0 Å². The Morgan fingerprint density at radius 3 is 1.90 bits per heavy atom. The van der Waals surface area contributed by atoms with E-state index in [1.54, 1.807) is 0 Å². The number of hydrogen-bond donors (Lipinski definition) is 0. The van der Waals surface area contributed by atoms with E-state index in [1.165, 1.54) is 77.4 Å². The van der Waals surface area contributed by atoms with Gasteiger partial charge in [-0.15, -0.1) is 0 Å². The summed E-state index contributed by atoms with van der Waals surface area (Å²) in [7, 11) is 0. The van der Waals surface area contributed by atoms with Crippen LogP contribution in [0.2, 0.25) is 0 Å². The van der Waals surface area contributed by atoms with Crippen LogP contribution >= 0.6 is 0 Å². The molecular formula is C19H39N. The largest absolute Gasteiger partial charge is 0.303 e. The molecule has 0 atom stereocenters. The van der Waals surface area contributed by atoms with Crippen molar-refractivity contribution in [2.24, 2.45) is 17.8 Å².